The molecule has 1 aliphatic rings. The van der Waals surface area contributed by atoms with Gasteiger partial charge in [-0.05, 0) is 6.92 Å². The third-order valence-electron chi connectivity index (χ3n) is 4.57. The van der Waals surface area contributed by atoms with Crippen molar-refractivity contribution in [2.75, 3.05) is 6.61 Å². The Balaban J connectivity index is 1.97. The molecule has 0 saturated carbocycles. The summed E-state index contributed by atoms with van der Waals surface area (Å²) < 4.78 is 6.84. The highest BCUT2D eigenvalue weighted by atomic mass is 16.8. The number of aliphatic hydroxyl groups excluding tert-OH is 3. The molecule has 1 aliphatic heterocycles. The van der Waals surface area contributed by atoms with Crippen molar-refractivity contribution in [1.82, 2.24) is 29.2 Å². The van der Waals surface area contributed by atoms with E-state index < -0.39 is 48.0 Å². The molecule has 154 valence electrons. The monoisotopic (exact) mass is 408 g/mol. The van der Waals surface area contributed by atoms with Crippen LogP contribution in [0.3, 0.4) is 0 Å². The molecule has 14 heteroatoms. The van der Waals surface area contributed by atoms with Gasteiger partial charge in [0.25, 0.3) is 5.56 Å². The smallest absolute Gasteiger partial charge is 0.362 e. The van der Waals surface area contributed by atoms with E-state index in [0.29, 0.717) is 4.73 Å². The molecule has 3 aromatic heterocycles. The second-order valence-electron chi connectivity index (χ2n) is 6.36. The number of ether oxygens (including phenoxy) is 1. The molecule has 5 N–H and O–H groups in total. The molecule has 0 radical (unpaired) electrons. The predicted molar refractivity (Wildman–Crippen MR) is 91.6 cm³/mol. The molecule has 4 atom stereocenters. The van der Waals surface area contributed by atoms with E-state index in [2.05, 4.69) is 19.9 Å². The topological polar surface area (TPSA) is 198 Å². The molecule has 0 unspecified atom stereocenters. The van der Waals surface area contributed by atoms with Crippen molar-refractivity contribution < 1.29 is 30.0 Å². The Morgan fingerprint density at radius 1 is 1.31 bits per heavy atom. The number of aromatic nitrogens is 6. The van der Waals surface area contributed by atoms with Gasteiger partial charge < -0.3 is 35.0 Å². The molecule has 29 heavy (non-hydrogen) atoms. The van der Waals surface area contributed by atoms with Crippen LogP contribution in [0.1, 0.15) is 5.56 Å². The summed E-state index contributed by atoms with van der Waals surface area (Å²) in [7, 11) is 0. The van der Waals surface area contributed by atoms with Gasteiger partial charge in [-0.1, -0.05) is 4.73 Å². The lowest BCUT2D eigenvalue weighted by molar-refractivity contribution is -0.316. The molecule has 14 nitrogen and oxygen atoms in total. The van der Waals surface area contributed by atoms with E-state index in [4.69, 9.17) is 9.57 Å². The molecule has 1 saturated heterocycles. The number of hydrogen-bond acceptors (Lipinski definition) is 11. The molecule has 0 bridgehead atoms. The van der Waals surface area contributed by atoms with Gasteiger partial charge in [0, 0.05) is 11.8 Å². The summed E-state index contributed by atoms with van der Waals surface area (Å²) >= 11 is 0. The molecule has 0 spiro atoms. The maximum atomic E-state index is 12.4. The van der Waals surface area contributed by atoms with Gasteiger partial charge >= 0.3 is 11.6 Å². The minimum Gasteiger partial charge on any atom is -0.492 e. The zero-order chi connectivity index (χ0) is 20.9. The highest BCUT2D eigenvalue weighted by Crippen LogP contribution is 2.37. The van der Waals surface area contributed by atoms with E-state index >= 15 is 0 Å². The van der Waals surface area contributed by atoms with Crippen LogP contribution in [0.25, 0.3) is 11.2 Å². The van der Waals surface area contributed by atoms with Gasteiger partial charge in [-0.3, -0.25) is 4.79 Å². The lowest BCUT2D eigenvalue weighted by Gasteiger charge is -2.32. The number of rotatable bonds is 4. The number of fused-ring (bicyclic) bond motifs is 1. The molecular weight excluding hydrogens is 392 g/mol. The Labute approximate surface area is 160 Å². The maximum absolute atomic E-state index is 12.4. The first-order valence-electron chi connectivity index (χ1n) is 8.33. The van der Waals surface area contributed by atoms with Crippen molar-refractivity contribution in [3.8, 4) is 5.88 Å². The predicted octanol–water partition coefficient (Wildman–Crippen LogP) is -3.46. The molecule has 0 amide bonds. The fourth-order valence-electron chi connectivity index (χ4n) is 3.05. The van der Waals surface area contributed by atoms with Gasteiger partial charge in [-0.25, -0.2) is 19.3 Å². The second-order valence-corrected chi connectivity index (χ2v) is 6.36. The van der Waals surface area contributed by atoms with Crippen LogP contribution in [0.15, 0.2) is 28.4 Å². The Morgan fingerprint density at radius 2 is 2.07 bits per heavy atom. The normalized spacial score (nSPS) is 26.8. The molecular formula is C15H16N6O8. The van der Waals surface area contributed by atoms with Crippen molar-refractivity contribution in [3.05, 3.63) is 45.3 Å². The lowest BCUT2D eigenvalue weighted by Crippen LogP contribution is -2.57. The van der Waals surface area contributed by atoms with Crippen molar-refractivity contribution in [3.63, 3.8) is 0 Å². The van der Waals surface area contributed by atoms with E-state index in [9.17, 15) is 30.0 Å². The summed E-state index contributed by atoms with van der Waals surface area (Å²) in [6, 6.07) is 0. The van der Waals surface area contributed by atoms with E-state index in [1.165, 1.54) is 13.1 Å². The van der Waals surface area contributed by atoms with Crippen molar-refractivity contribution in [2.24, 2.45) is 0 Å². The Morgan fingerprint density at radius 3 is 2.76 bits per heavy atom. The van der Waals surface area contributed by atoms with E-state index in [0.717, 1.165) is 17.2 Å². The quantitative estimate of drug-likeness (QED) is 0.287. The summed E-state index contributed by atoms with van der Waals surface area (Å²) in [5.74, 6) is -2.92. The molecule has 4 rings (SSSR count). The number of imidazole rings is 1. The molecule has 0 aromatic carbocycles. The summed E-state index contributed by atoms with van der Waals surface area (Å²) in [5.41, 5.74) is -1.92. The first-order valence-corrected chi connectivity index (χ1v) is 8.33. The minimum absolute atomic E-state index is 0.0977. The Hall–Kier alpha value is -3.33. The van der Waals surface area contributed by atoms with Crippen LogP contribution in [0.2, 0.25) is 0 Å². The second kappa shape index (κ2) is 6.63. The SMILES string of the molecule is Cc1c[nH]c(=O)n(O[C@@]2(n3cnc4c(O)ncnc43)O[C@H](CO)[C@@H](O)[C@H]2O)c1=O. The highest BCUT2D eigenvalue weighted by molar-refractivity contribution is 5.75. The van der Waals surface area contributed by atoms with Crippen molar-refractivity contribution in [2.45, 2.75) is 31.1 Å². The van der Waals surface area contributed by atoms with Crippen molar-refractivity contribution >= 4 is 11.2 Å². The van der Waals surface area contributed by atoms with E-state index in [1.807, 2.05) is 0 Å². The van der Waals surface area contributed by atoms with Gasteiger partial charge in [0.15, 0.2) is 17.3 Å². The van der Waals surface area contributed by atoms with Gasteiger partial charge in [-0.2, -0.15) is 4.98 Å². The summed E-state index contributed by atoms with van der Waals surface area (Å²) in [5, 5.41) is 40.4. The number of aryl methyl sites for hydroxylation is 1. The first kappa shape index (κ1) is 19.0. The summed E-state index contributed by atoms with van der Waals surface area (Å²) in [4.78, 5) is 43.9. The zero-order valence-electron chi connectivity index (χ0n) is 14.8. The minimum atomic E-state index is -2.44. The summed E-state index contributed by atoms with van der Waals surface area (Å²) in [6.07, 6.45) is -1.68. The number of nitrogens with one attached hydrogen (secondary N) is 1. The van der Waals surface area contributed by atoms with Gasteiger partial charge in [-0.15, -0.1) is 0 Å². The third-order valence-corrected chi connectivity index (χ3v) is 4.57. The zero-order valence-corrected chi connectivity index (χ0v) is 14.8. The Kier molecular flexibility index (Phi) is 4.34. The van der Waals surface area contributed by atoms with Crippen LogP contribution < -0.4 is 16.1 Å². The van der Waals surface area contributed by atoms with Crippen LogP contribution in [0.4, 0.5) is 0 Å². The number of hydrogen-bond donors (Lipinski definition) is 5. The van der Waals surface area contributed by atoms with Gasteiger partial charge in [0.2, 0.25) is 5.88 Å². The Bertz CT molecular complexity index is 1190. The van der Waals surface area contributed by atoms with Crippen LogP contribution >= 0.6 is 0 Å². The van der Waals surface area contributed by atoms with Crippen LogP contribution in [-0.2, 0) is 10.6 Å². The average molecular weight is 408 g/mol. The number of aromatic hydroxyl groups is 1. The number of H-pyrrole nitrogens is 1. The molecule has 4 heterocycles. The van der Waals surface area contributed by atoms with Gasteiger partial charge in [0.1, 0.15) is 24.9 Å². The first-order chi connectivity index (χ1) is 13.8. The lowest BCUT2D eigenvalue weighted by atomic mass is 10.1. The van der Waals surface area contributed by atoms with E-state index in [1.54, 1.807) is 0 Å². The van der Waals surface area contributed by atoms with Crippen LogP contribution in [0.5, 0.6) is 5.88 Å². The molecule has 3 aromatic rings. The fourth-order valence-corrected chi connectivity index (χ4v) is 3.05. The van der Waals surface area contributed by atoms with Crippen LogP contribution in [-0.4, -0.2) is 74.6 Å². The molecule has 1 fully saturated rings. The largest absolute Gasteiger partial charge is 0.492 e. The third kappa shape index (κ3) is 2.69. The average Bonchev–Trinajstić information content (AvgIpc) is 3.25. The molecule has 0 aliphatic carbocycles. The number of aliphatic hydroxyl groups is 3. The highest BCUT2D eigenvalue weighted by Gasteiger charge is 2.60. The van der Waals surface area contributed by atoms with Crippen molar-refractivity contribution in [1.29, 1.82) is 0 Å². The summed E-state index contributed by atoms with van der Waals surface area (Å²) in [6.45, 7) is 0.704. The van der Waals surface area contributed by atoms with E-state index in [-0.39, 0.29) is 16.7 Å². The maximum Gasteiger partial charge on any atom is 0.362 e. The number of aromatic amines is 1. The van der Waals surface area contributed by atoms with Crippen LogP contribution in [0, 0.1) is 6.92 Å². The standard InChI is InChI=1S/C15H16N6O8/c1-6-2-16-14(27)21(13(6)26)29-15(10(24)9(23)7(3-22)28-15)20-5-19-8-11(20)17-4-18-12(8)25/h2,4-5,7,9-10,22-24H,3H2,1H3,(H,16,27)(H,17,18,25)/t7-,9-,10-,15+/m1/s1. The van der Waals surface area contributed by atoms with Gasteiger partial charge in [0.05, 0.1) is 6.61 Å². The number of nitrogens with zero attached hydrogens (tertiary/aromatic N) is 5. The fraction of sp³-hybridized carbons (Fsp3) is 0.400.